The first-order valence-electron chi connectivity index (χ1n) is 5.67. The molecule has 1 heterocycles. The molecule has 4 N–H and O–H groups in total. The molecule has 1 aliphatic rings. The van der Waals surface area contributed by atoms with E-state index in [2.05, 4.69) is 5.32 Å². The van der Waals surface area contributed by atoms with Crippen molar-refractivity contribution in [3.63, 3.8) is 0 Å². The molecule has 1 aromatic carbocycles. The SMILES string of the molecule is Nc1cc(Cl)ccc1NC1(CO)CCOCC1. The van der Waals surface area contributed by atoms with Gasteiger partial charge in [-0.15, -0.1) is 0 Å². The van der Waals surface area contributed by atoms with Gasteiger partial charge in [-0.25, -0.2) is 0 Å². The van der Waals surface area contributed by atoms with Crippen molar-refractivity contribution in [2.24, 2.45) is 0 Å². The lowest BCUT2D eigenvalue weighted by molar-refractivity contribution is 0.0380. The summed E-state index contributed by atoms with van der Waals surface area (Å²) in [7, 11) is 0. The first kappa shape index (κ1) is 12.5. The topological polar surface area (TPSA) is 67.5 Å². The molecule has 1 saturated heterocycles. The monoisotopic (exact) mass is 256 g/mol. The zero-order valence-electron chi connectivity index (χ0n) is 9.58. The number of halogens is 1. The highest BCUT2D eigenvalue weighted by molar-refractivity contribution is 6.31. The molecule has 1 aliphatic heterocycles. The zero-order valence-corrected chi connectivity index (χ0v) is 10.3. The highest BCUT2D eigenvalue weighted by Crippen LogP contribution is 2.30. The summed E-state index contributed by atoms with van der Waals surface area (Å²) in [6.07, 6.45) is 1.54. The fourth-order valence-corrected chi connectivity index (χ4v) is 2.20. The highest BCUT2D eigenvalue weighted by atomic mass is 35.5. The van der Waals surface area contributed by atoms with Crippen LogP contribution < -0.4 is 11.1 Å². The Morgan fingerprint density at radius 3 is 2.71 bits per heavy atom. The number of aliphatic hydroxyl groups is 1. The average molecular weight is 257 g/mol. The van der Waals surface area contributed by atoms with E-state index in [9.17, 15) is 5.11 Å². The molecule has 1 aromatic rings. The van der Waals surface area contributed by atoms with Crippen molar-refractivity contribution in [1.82, 2.24) is 0 Å². The Hall–Kier alpha value is -0.970. The minimum atomic E-state index is -0.333. The molecule has 1 fully saturated rings. The quantitative estimate of drug-likeness (QED) is 0.723. The molecule has 2 rings (SSSR count). The predicted molar refractivity (Wildman–Crippen MR) is 69.4 cm³/mol. The molecular weight excluding hydrogens is 240 g/mol. The Bertz CT molecular complexity index is 392. The number of rotatable bonds is 3. The zero-order chi connectivity index (χ0) is 12.3. The van der Waals surface area contributed by atoms with Crippen molar-refractivity contribution in [2.45, 2.75) is 18.4 Å². The van der Waals surface area contributed by atoms with E-state index in [-0.39, 0.29) is 12.1 Å². The Labute approximate surface area is 106 Å². The number of hydrogen-bond acceptors (Lipinski definition) is 4. The van der Waals surface area contributed by atoms with Crippen molar-refractivity contribution in [3.05, 3.63) is 23.2 Å². The van der Waals surface area contributed by atoms with Crippen LogP contribution in [0.5, 0.6) is 0 Å². The predicted octanol–water partition coefficient (Wildman–Crippen LogP) is 1.88. The Kier molecular flexibility index (Phi) is 3.76. The first-order chi connectivity index (χ1) is 8.15. The van der Waals surface area contributed by atoms with Crippen molar-refractivity contribution in [3.8, 4) is 0 Å². The summed E-state index contributed by atoms with van der Waals surface area (Å²) in [5.74, 6) is 0. The molecule has 0 amide bonds. The van der Waals surface area contributed by atoms with Crippen LogP contribution in [0.4, 0.5) is 11.4 Å². The molecule has 0 unspecified atom stereocenters. The molecule has 4 nitrogen and oxygen atoms in total. The van der Waals surface area contributed by atoms with Gasteiger partial charge in [-0.1, -0.05) is 11.6 Å². The molecule has 0 radical (unpaired) electrons. The van der Waals surface area contributed by atoms with E-state index < -0.39 is 0 Å². The van der Waals surface area contributed by atoms with Gasteiger partial charge in [0.15, 0.2) is 0 Å². The lowest BCUT2D eigenvalue weighted by Crippen LogP contribution is -2.47. The number of ether oxygens (including phenoxy) is 1. The van der Waals surface area contributed by atoms with Crippen molar-refractivity contribution < 1.29 is 9.84 Å². The van der Waals surface area contributed by atoms with Gasteiger partial charge in [0.25, 0.3) is 0 Å². The number of hydrogen-bond donors (Lipinski definition) is 3. The average Bonchev–Trinajstić information content (AvgIpc) is 2.34. The largest absolute Gasteiger partial charge is 0.397 e. The van der Waals surface area contributed by atoms with Crippen LogP contribution in [0.25, 0.3) is 0 Å². The smallest absolute Gasteiger partial charge is 0.0663 e. The molecule has 0 aliphatic carbocycles. The van der Waals surface area contributed by atoms with E-state index in [0.717, 1.165) is 18.5 Å². The van der Waals surface area contributed by atoms with Crippen LogP contribution in [0.15, 0.2) is 18.2 Å². The fourth-order valence-electron chi connectivity index (χ4n) is 2.02. The Morgan fingerprint density at radius 2 is 2.12 bits per heavy atom. The standard InChI is InChI=1S/C12H17ClN2O2/c13-9-1-2-11(10(14)7-9)15-12(8-16)3-5-17-6-4-12/h1-2,7,15-16H,3-6,8,14H2. The number of nitrogen functional groups attached to an aromatic ring is 1. The summed E-state index contributed by atoms with van der Waals surface area (Å²) in [6.45, 7) is 1.38. The van der Waals surface area contributed by atoms with Gasteiger partial charge in [0, 0.05) is 18.2 Å². The van der Waals surface area contributed by atoms with Gasteiger partial charge in [-0.05, 0) is 31.0 Å². The van der Waals surface area contributed by atoms with E-state index in [1.165, 1.54) is 0 Å². The number of nitrogens with two attached hydrogens (primary N) is 1. The molecule has 0 atom stereocenters. The maximum absolute atomic E-state index is 9.56. The van der Waals surface area contributed by atoms with Crippen LogP contribution in [0, 0.1) is 0 Å². The van der Waals surface area contributed by atoms with E-state index in [1.807, 2.05) is 6.07 Å². The molecular formula is C12H17ClN2O2. The molecule has 0 bridgehead atoms. The normalized spacial score (nSPS) is 18.9. The van der Waals surface area contributed by atoms with Gasteiger partial charge in [0.2, 0.25) is 0 Å². The Balaban J connectivity index is 2.17. The maximum atomic E-state index is 9.56. The van der Waals surface area contributed by atoms with Crippen LogP contribution in [0.2, 0.25) is 5.02 Å². The third kappa shape index (κ3) is 2.83. The molecule has 0 spiro atoms. The van der Waals surface area contributed by atoms with Crippen LogP contribution in [-0.2, 0) is 4.74 Å². The van der Waals surface area contributed by atoms with E-state index in [1.54, 1.807) is 12.1 Å². The minimum Gasteiger partial charge on any atom is -0.397 e. The second kappa shape index (κ2) is 5.12. The van der Waals surface area contributed by atoms with Crippen LogP contribution in [0.3, 0.4) is 0 Å². The van der Waals surface area contributed by atoms with Gasteiger partial charge in [0.05, 0.1) is 23.5 Å². The lowest BCUT2D eigenvalue weighted by Gasteiger charge is -2.37. The summed E-state index contributed by atoms with van der Waals surface area (Å²) in [5.41, 5.74) is 6.96. The van der Waals surface area contributed by atoms with Crippen LogP contribution >= 0.6 is 11.6 Å². The number of anilines is 2. The number of nitrogens with one attached hydrogen (secondary N) is 1. The van der Waals surface area contributed by atoms with E-state index >= 15 is 0 Å². The fraction of sp³-hybridized carbons (Fsp3) is 0.500. The first-order valence-corrected chi connectivity index (χ1v) is 6.05. The summed E-state index contributed by atoms with van der Waals surface area (Å²) in [6, 6.07) is 5.32. The highest BCUT2D eigenvalue weighted by Gasteiger charge is 2.32. The van der Waals surface area contributed by atoms with Gasteiger partial charge in [-0.3, -0.25) is 0 Å². The van der Waals surface area contributed by atoms with Gasteiger partial charge < -0.3 is 20.9 Å². The van der Waals surface area contributed by atoms with Crippen molar-refractivity contribution >= 4 is 23.0 Å². The summed E-state index contributed by atoms with van der Waals surface area (Å²) in [5, 5.41) is 13.5. The van der Waals surface area contributed by atoms with Crippen LogP contribution in [-0.4, -0.2) is 30.5 Å². The van der Waals surface area contributed by atoms with E-state index in [0.29, 0.717) is 23.9 Å². The molecule has 5 heteroatoms. The van der Waals surface area contributed by atoms with Crippen molar-refractivity contribution in [2.75, 3.05) is 30.9 Å². The third-order valence-corrected chi connectivity index (χ3v) is 3.40. The minimum absolute atomic E-state index is 0.0679. The van der Waals surface area contributed by atoms with Crippen molar-refractivity contribution in [1.29, 1.82) is 0 Å². The van der Waals surface area contributed by atoms with Gasteiger partial charge in [0.1, 0.15) is 0 Å². The maximum Gasteiger partial charge on any atom is 0.0663 e. The van der Waals surface area contributed by atoms with E-state index in [4.69, 9.17) is 22.1 Å². The third-order valence-electron chi connectivity index (χ3n) is 3.17. The molecule has 0 saturated carbocycles. The lowest BCUT2D eigenvalue weighted by atomic mass is 9.90. The second-order valence-corrected chi connectivity index (χ2v) is 4.84. The Morgan fingerprint density at radius 1 is 1.41 bits per heavy atom. The van der Waals surface area contributed by atoms with Gasteiger partial charge in [-0.2, -0.15) is 0 Å². The van der Waals surface area contributed by atoms with Gasteiger partial charge >= 0.3 is 0 Å². The summed E-state index contributed by atoms with van der Waals surface area (Å²) >= 11 is 5.85. The molecule has 94 valence electrons. The number of aliphatic hydroxyl groups excluding tert-OH is 1. The summed E-state index contributed by atoms with van der Waals surface area (Å²) < 4.78 is 5.31. The number of benzene rings is 1. The second-order valence-electron chi connectivity index (χ2n) is 4.41. The molecule has 17 heavy (non-hydrogen) atoms. The summed E-state index contributed by atoms with van der Waals surface area (Å²) in [4.78, 5) is 0. The molecule has 0 aromatic heterocycles. The van der Waals surface area contributed by atoms with Crippen LogP contribution in [0.1, 0.15) is 12.8 Å².